The maximum absolute atomic E-state index is 3.72. The van der Waals surface area contributed by atoms with E-state index in [0.29, 0.717) is 0 Å². The Balaban J connectivity index is 1.50. The lowest BCUT2D eigenvalue weighted by Crippen LogP contribution is -2.43. The van der Waals surface area contributed by atoms with E-state index in [1.807, 2.05) is 0 Å². The third-order valence-electron chi connectivity index (χ3n) is 4.01. The van der Waals surface area contributed by atoms with E-state index in [4.69, 9.17) is 0 Å². The highest BCUT2D eigenvalue weighted by Gasteiger charge is 2.26. The van der Waals surface area contributed by atoms with Crippen molar-refractivity contribution in [3.8, 4) is 0 Å². The molecule has 0 spiro atoms. The average Bonchev–Trinajstić information content (AvgIpc) is 3.11. The van der Waals surface area contributed by atoms with Crippen molar-refractivity contribution in [3.05, 3.63) is 0 Å². The van der Waals surface area contributed by atoms with E-state index in [9.17, 15) is 0 Å². The van der Waals surface area contributed by atoms with Crippen molar-refractivity contribution in [1.82, 2.24) is 10.2 Å². The van der Waals surface area contributed by atoms with Crippen LogP contribution >= 0.6 is 0 Å². The van der Waals surface area contributed by atoms with Crippen molar-refractivity contribution < 1.29 is 0 Å². The van der Waals surface area contributed by atoms with E-state index in [1.165, 1.54) is 71.1 Å². The minimum atomic E-state index is 0.812. The summed E-state index contributed by atoms with van der Waals surface area (Å²) in [6.45, 7) is 7.57. The third kappa shape index (κ3) is 4.42. The van der Waals surface area contributed by atoms with Crippen LogP contribution < -0.4 is 5.32 Å². The van der Waals surface area contributed by atoms with Gasteiger partial charge in [-0.05, 0) is 57.7 Å². The molecule has 0 amide bonds. The Labute approximate surface area is 101 Å². The zero-order chi connectivity index (χ0) is 11.2. The molecule has 2 aliphatic rings. The van der Waals surface area contributed by atoms with Gasteiger partial charge in [0.2, 0.25) is 0 Å². The molecule has 0 aromatic heterocycles. The first-order valence-corrected chi connectivity index (χ1v) is 7.34. The summed E-state index contributed by atoms with van der Waals surface area (Å²) in [4.78, 5) is 2.68. The predicted molar refractivity (Wildman–Crippen MR) is 69.7 cm³/mol. The lowest BCUT2D eigenvalue weighted by molar-refractivity contribution is 0.191. The molecule has 16 heavy (non-hydrogen) atoms. The standard InChI is InChI=1S/C14H28N2/c1-2-3-4-9-15-14-7-10-16(11-8-14)12-13-5-6-13/h13-15H,2-12H2,1H3. The second-order valence-electron chi connectivity index (χ2n) is 5.68. The van der Waals surface area contributed by atoms with Gasteiger partial charge in [-0.1, -0.05) is 19.8 Å². The minimum Gasteiger partial charge on any atom is -0.314 e. The molecule has 2 fully saturated rings. The van der Waals surface area contributed by atoms with Gasteiger partial charge in [-0.2, -0.15) is 0 Å². The zero-order valence-electron chi connectivity index (χ0n) is 10.9. The Morgan fingerprint density at radius 1 is 1.06 bits per heavy atom. The van der Waals surface area contributed by atoms with E-state index in [-0.39, 0.29) is 0 Å². The van der Waals surface area contributed by atoms with Crippen LogP contribution in [0.25, 0.3) is 0 Å². The molecule has 1 saturated carbocycles. The molecule has 0 aromatic carbocycles. The molecular weight excluding hydrogens is 196 g/mol. The molecule has 94 valence electrons. The van der Waals surface area contributed by atoms with E-state index in [0.717, 1.165) is 12.0 Å². The molecule has 1 aliphatic carbocycles. The maximum Gasteiger partial charge on any atom is 0.00914 e. The summed E-state index contributed by atoms with van der Waals surface area (Å²) in [7, 11) is 0. The highest BCUT2D eigenvalue weighted by Crippen LogP contribution is 2.30. The molecule has 1 N–H and O–H groups in total. The third-order valence-corrected chi connectivity index (χ3v) is 4.01. The smallest absolute Gasteiger partial charge is 0.00914 e. The first-order valence-electron chi connectivity index (χ1n) is 7.34. The Hall–Kier alpha value is -0.0800. The Morgan fingerprint density at radius 2 is 1.81 bits per heavy atom. The van der Waals surface area contributed by atoms with Crippen LogP contribution in [0.15, 0.2) is 0 Å². The van der Waals surface area contributed by atoms with Crippen molar-refractivity contribution in [2.24, 2.45) is 5.92 Å². The van der Waals surface area contributed by atoms with Gasteiger partial charge in [0.15, 0.2) is 0 Å². The van der Waals surface area contributed by atoms with Crippen LogP contribution in [0, 0.1) is 5.92 Å². The summed E-state index contributed by atoms with van der Waals surface area (Å²) in [5.74, 6) is 1.06. The normalized spacial score (nSPS) is 23.8. The fourth-order valence-corrected chi connectivity index (χ4v) is 2.67. The van der Waals surface area contributed by atoms with Crippen LogP contribution in [-0.2, 0) is 0 Å². The fourth-order valence-electron chi connectivity index (χ4n) is 2.67. The Morgan fingerprint density at radius 3 is 2.44 bits per heavy atom. The molecule has 0 bridgehead atoms. The van der Waals surface area contributed by atoms with Gasteiger partial charge in [0.1, 0.15) is 0 Å². The van der Waals surface area contributed by atoms with Crippen LogP contribution in [0.1, 0.15) is 51.9 Å². The summed E-state index contributed by atoms with van der Waals surface area (Å²) in [6, 6.07) is 0.812. The summed E-state index contributed by atoms with van der Waals surface area (Å²) < 4.78 is 0. The SMILES string of the molecule is CCCCCNC1CCN(CC2CC2)CC1. The molecule has 2 nitrogen and oxygen atoms in total. The lowest BCUT2D eigenvalue weighted by atomic mass is 10.0. The van der Waals surface area contributed by atoms with E-state index in [1.54, 1.807) is 0 Å². The van der Waals surface area contributed by atoms with Crippen LogP contribution in [0.5, 0.6) is 0 Å². The second kappa shape index (κ2) is 6.61. The molecule has 2 rings (SSSR count). The molecule has 2 heteroatoms. The lowest BCUT2D eigenvalue weighted by Gasteiger charge is -2.32. The molecule has 0 atom stereocenters. The molecule has 1 aliphatic heterocycles. The van der Waals surface area contributed by atoms with Gasteiger partial charge in [-0.15, -0.1) is 0 Å². The summed E-state index contributed by atoms with van der Waals surface area (Å²) in [6.07, 6.45) is 9.82. The summed E-state index contributed by atoms with van der Waals surface area (Å²) >= 11 is 0. The van der Waals surface area contributed by atoms with Gasteiger partial charge in [0.25, 0.3) is 0 Å². The number of nitrogens with zero attached hydrogens (tertiary/aromatic N) is 1. The molecule has 0 aromatic rings. The summed E-state index contributed by atoms with van der Waals surface area (Å²) in [5, 5.41) is 3.72. The molecule has 0 unspecified atom stereocenters. The average molecular weight is 224 g/mol. The topological polar surface area (TPSA) is 15.3 Å². The number of rotatable bonds is 7. The molecule has 0 radical (unpaired) electrons. The van der Waals surface area contributed by atoms with Gasteiger partial charge in [-0.3, -0.25) is 0 Å². The quantitative estimate of drug-likeness (QED) is 0.669. The number of hydrogen-bond donors (Lipinski definition) is 1. The highest BCUT2D eigenvalue weighted by molar-refractivity contribution is 4.82. The fraction of sp³-hybridized carbons (Fsp3) is 1.00. The second-order valence-corrected chi connectivity index (χ2v) is 5.68. The molecule has 1 saturated heterocycles. The van der Waals surface area contributed by atoms with Crippen molar-refractivity contribution >= 4 is 0 Å². The Kier molecular flexibility index (Phi) is 5.11. The van der Waals surface area contributed by atoms with Gasteiger partial charge in [0, 0.05) is 12.6 Å². The monoisotopic (exact) mass is 224 g/mol. The summed E-state index contributed by atoms with van der Waals surface area (Å²) in [5.41, 5.74) is 0. The van der Waals surface area contributed by atoms with Gasteiger partial charge >= 0.3 is 0 Å². The minimum absolute atomic E-state index is 0.812. The van der Waals surface area contributed by atoms with Gasteiger partial charge in [-0.25, -0.2) is 0 Å². The zero-order valence-corrected chi connectivity index (χ0v) is 10.9. The number of nitrogens with one attached hydrogen (secondary N) is 1. The van der Waals surface area contributed by atoms with Crippen molar-refractivity contribution in [3.63, 3.8) is 0 Å². The molecule has 1 heterocycles. The van der Waals surface area contributed by atoms with Crippen LogP contribution in [0.2, 0.25) is 0 Å². The van der Waals surface area contributed by atoms with Crippen LogP contribution in [-0.4, -0.2) is 37.1 Å². The number of likely N-dealkylation sites (tertiary alicyclic amines) is 1. The largest absolute Gasteiger partial charge is 0.314 e. The molecular formula is C14H28N2. The first-order chi connectivity index (χ1) is 7.88. The van der Waals surface area contributed by atoms with Crippen LogP contribution in [0.3, 0.4) is 0 Å². The maximum atomic E-state index is 3.72. The predicted octanol–water partition coefficient (Wildman–Crippen LogP) is 2.64. The first kappa shape index (κ1) is 12.4. The van der Waals surface area contributed by atoms with E-state index in [2.05, 4.69) is 17.1 Å². The van der Waals surface area contributed by atoms with Gasteiger partial charge in [0.05, 0.1) is 0 Å². The number of unbranched alkanes of at least 4 members (excludes halogenated alkanes) is 2. The van der Waals surface area contributed by atoms with Crippen molar-refractivity contribution in [2.45, 2.75) is 57.9 Å². The van der Waals surface area contributed by atoms with Crippen LogP contribution in [0.4, 0.5) is 0 Å². The van der Waals surface area contributed by atoms with Crippen molar-refractivity contribution in [2.75, 3.05) is 26.2 Å². The highest BCUT2D eigenvalue weighted by atomic mass is 15.1. The number of piperidine rings is 1. The van der Waals surface area contributed by atoms with E-state index >= 15 is 0 Å². The number of hydrogen-bond acceptors (Lipinski definition) is 2. The van der Waals surface area contributed by atoms with E-state index < -0.39 is 0 Å². The van der Waals surface area contributed by atoms with Gasteiger partial charge < -0.3 is 10.2 Å². The van der Waals surface area contributed by atoms with Crippen molar-refractivity contribution in [1.29, 1.82) is 0 Å². The Bertz CT molecular complexity index is 181.